The van der Waals surface area contributed by atoms with Crippen LogP contribution in [-0.4, -0.2) is 30.1 Å². The number of epoxide rings is 1. The maximum Gasteiger partial charge on any atom is 0.271 e. The van der Waals surface area contributed by atoms with Gasteiger partial charge in [-0.1, -0.05) is 36.4 Å². The number of hydrogen-bond acceptors (Lipinski definition) is 5. The number of anilines is 2. The molecule has 7 nitrogen and oxygen atoms in total. The molecule has 0 spiro atoms. The molecule has 1 fully saturated rings. The molecule has 29 heavy (non-hydrogen) atoms. The first-order valence-corrected chi connectivity index (χ1v) is 9.11. The largest absolute Gasteiger partial charge is 0.489 e. The molecule has 0 bridgehead atoms. The van der Waals surface area contributed by atoms with Gasteiger partial charge >= 0.3 is 0 Å². The summed E-state index contributed by atoms with van der Waals surface area (Å²) in [6, 6.07) is 22.0. The molecule has 146 valence electrons. The number of para-hydroxylation sites is 1. The van der Waals surface area contributed by atoms with Crippen LogP contribution in [0.4, 0.5) is 17.1 Å². The molecule has 4 rings (SSSR count). The zero-order chi connectivity index (χ0) is 20.2. The van der Waals surface area contributed by atoms with Crippen LogP contribution in [0, 0.1) is 10.1 Å². The highest BCUT2D eigenvalue weighted by Gasteiger charge is 2.28. The number of nitro benzene ring substituents is 1. The third-order valence-corrected chi connectivity index (χ3v) is 4.46. The molecule has 1 aliphatic rings. The van der Waals surface area contributed by atoms with Gasteiger partial charge in [0, 0.05) is 23.4 Å². The topological polar surface area (TPSA) is 85.2 Å². The Kier molecular flexibility index (Phi) is 5.22. The SMILES string of the molecule is O=C(c1ccccc1)N(c1ccccc1)c1cc([N+](=O)[O-])ccc1OCC1CO1. The smallest absolute Gasteiger partial charge is 0.271 e. The van der Waals surface area contributed by atoms with E-state index in [4.69, 9.17) is 9.47 Å². The van der Waals surface area contributed by atoms with Gasteiger partial charge in [-0.3, -0.25) is 19.8 Å². The van der Waals surface area contributed by atoms with Crippen LogP contribution in [0.1, 0.15) is 10.4 Å². The van der Waals surface area contributed by atoms with Gasteiger partial charge in [-0.05, 0) is 30.3 Å². The highest BCUT2D eigenvalue weighted by atomic mass is 16.6. The molecule has 0 aliphatic carbocycles. The van der Waals surface area contributed by atoms with Gasteiger partial charge in [-0.15, -0.1) is 0 Å². The van der Waals surface area contributed by atoms with Crippen LogP contribution >= 0.6 is 0 Å². The van der Waals surface area contributed by atoms with E-state index >= 15 is 0 Å². The Labute approximate surface area is 167 Å². The first-order chi connectivity index (χ1) is 14.1. The molecule has 7 heteroatoms. The van der Waals surface area contributed by atoms with Crippen molar-refractivity contribution in [1.29, 1.82) is 0 Å². The molecule has 1 heterocycles. The second kappa shape index (κ2) is 8.12. The van der Waals surface area contributed by atoms with Gasteiger partial charge in [0.05, 0.1) is 17.2 Å². The summed E-state index contributed by atoms with van der Waals surface area (Å²) in [7, 11) is 0. The van der Waals surface area contributed by atoms with E-state index in [2.05, 4.69) is 0 Å². The Balaban J connectivity index is 1.83. The lowest BCUT2D eigenvalue weighted by atomic mass is 10.1. The molecule has 0 N–H and O–H groups in total. The van der Waals surface area contributed by atoms with E-state index < -0.39 is 4.92 Å². The molecular weight excluding hydrogens is 372 g/mol. The first-order valence-electron chi connectivity index (χ1n) is 9.11. The van der Waals surface area contributed by atoms with Crippen LogP contribution in [0.15, 0.2) is 78.9 Å². The van der Waals surface area contributed by atoms with Crippen molar-refractivity contribution in [3.63, 3.8) is 0 Å². The normalized spacial score (nSPS) is 14.8. The summed E-state index contributed by atoms with van der Waals surface area (Å²) in [4.78, 5) is 25.7. The number of nitro groups is 1. The number of carbonyl (C=O) groups excluding carboxylic acids is 1. The maximum atomic E-state index is 13.4. The molecule has 1 atom stereocenters. The first kappa shape index (κ1) is 18.6. The van der Waals surface area contributed by atoms with Crippen LogP contribution < -0.4 is 9.64 Å². The lowest BCUT2D eigenvalue weighted by molar-refractivity contribution is -0.384. The fourth-order valence-corrected chi connectivity index (χ4v) is 2.92. The highest BCUT2D eigenvalue weighted by Crippen LogP contribution is 2.38. The Bertz CT molecular complexity index is 1020. The number of benzene rings is 3. The van der Waals surface area contributed by atoms with Crippen LogP contribution in [0.25, 0.3) is 0 Å². The van der Waals surface area contributed by atoms with Crippen molar-refractivity contribution in [2.24, 2.45) is 0 Å². The highest BCUT2D eigenvalue weighted by molar-refractivity contribution is 6.11. The van der Waals surface area contributed by atoms with Crippen molar-refractivity contribution in [1.82, 2.24) is 0 Å². The van der Waals surface area contributed by atoms with Gasteiger partial charge in [0.2, 0.25) is 0 Å². The number of amides is 1. The standard InChI is InChI=1S/C22H18N2O5/c25-22(16-7-3-1-4-8-16)23(17-9-5-2-6-10-17)20-13-18(24(26)27)11-12-21(20)29-15-19-14-28-19/h1-13,19H,14-15H2. The van der Waals surface area contributed by atoms with Crippen LogP contribution in [-0.2, 0) is 4.74 Å². The van der Waals surface area contributed by atoms with E-state index in [-0.39, 0.29) is 17.7 Å². The van der Waals surface area contributed by atoms with Gasteiger partial charge in [0.1, 0.15) is 18.5 Å². The number of ether oxygens (including phenoxy) is 2. The third-order valence-electron chi connectivity index (χ3n) is 4.46. The summed E-state index contributed by atoms with van der Waals surface area (Å²) < 4.78 is 11.0. The number of hydrogen-bond donors (Lipinski definition) is 0. The van der Waals surface area contributed by atoms with Gasteiger partial charge in [-0.2, -0.15) is 0 Å². The van der Waals surface area contributed by atoms with Gasteiger partial charge in [-0.25, -0.2) is 0 Å². The van der Waals surface area contributed by atoms with Crippen molar-refractivity contribution in [2.75, 3.05) is 18.1 Å². The fourth-order valence-electron chi connectivity index (χ4n) is 2.92. The van der Waals surface area contributed by atoms with E-state index in [0.29, 0.717) is 35.9 Å². The number of non-ortho nitro benzene ring substituents is 1. The average Bonchev–Trinajstić information content (AvgIpc) is 3.59. The van der Waals surface area contributed by atoms with Crippen molar-refractivity contribution >= 4 is 23.0 Å². The molecule has 0 aromatic heterocycles. The van der Waals surface area contributed by atoms with Crippen LogP contribution in [0.2, 0.25) is 0 Å². The fraction of sp³-hybridized carbons (Fsp3) is 0.136. The van der Waals surface area contributed by atoms with Crippen molar-refractivity contribution in [3.8, 4) is 5.75 Å². The molecular formula is C22H18N2O5. The summed E-state index contributed by atoms with van der Waals surface area (Å²) in [6.45, 7) is 0.931. The number of nitrogens with zero attached hydrogens (tertiary/aromatic N) is 2. The Hall–Kier alpha value is -3.71. The van der Waals surface area contributed by atoms with Crippen molar-refractivity contribution < 1.29 is 19.2 Å². The predicted molar refractivity (Wildman–Crippen MR) is 108 cm³/mol. The van der Waals surface area contributed by atoms with E-state index in [9.17, 15) is 14.9 Å². The van der Waals surface area contributed by atoms with E-state index in [1.54, 1.807) is 48.5 Å². The van der Waals surface area contributed by atoms with Crippen molar-refractivity contribution in [3.05, 3.63) is 94.5 Å². The predicted octanol–water partition coefficient (Wildman–Crippen LogP) is 4.35. The Morgan fingerprint density at radius 2 is 1.72 bits per heavy atom. The van der Waals surface area contributed by atoms with E-state index in [0.717, 1.165) is 0 Å². The van der Waals surface area contributed by atoms with E-state index in [1.165, 1.54) is 23.1 Å². The molecule has 1 aliphatic heterocycles. The minimum Gasteiger partial charge on any atom is -0.489 e. The van der Waals surface area contributed by atoms with Crippen LogP contribution in [0.3, 0.4) is 0 Å². The average molecular weight is 390 g/mol. The second-order valence-corrected chi connectivity index (χ2v) is 6.52. The monoisotopic (exact) mass is 390 g/mol. The molecule has 1 unspecified atom stereocenters. The summed E-state index contributed by atoms with van der Waals surface area (Å²) >= 11 is 0. The Morgan fingerprint density at radius 1 is 1.07 bits per heavy atom. The zero-order valence-electron chi connectivity index (χ0n) is 15.4. The molecule has 1 amide bonds. The second-order valence-electron chi connectivity index (χ2n) is 6.52. The summed E-state index contributed by atoms with van der Waals surface area (Å²) in [6.07, 6.45) is 0.00745. The summed E-state index contributed by atoms with van der Waals surface area (Å²) in [5, 5.41) is 11.4. The quantitative estimate of drug-likeness (QED) is 0.340. The van der Waals surface area contributed by atoms with E-state index in [1.807, 2.05) is 12.1 Å². The Morgan fingerprint density at radius 3 is 2.34 bits per heavy atom. The summed E-state index contributed by atoms with van der Waals surface area (Å²) in [5.74, 6) is 0.0593. The minimum atomic E-state index is -0.493. The number of carbonyl (C=O) groups is 1. The summed E-state index contributed by atoms with van der Waals surface area (Å²) in [5.41, 5.74) is 1.21. The van der Waals surface area contributed by atoms with Crippen LogP contribution in [0.5, 0.6) is 5.75 Å². The molecule has 0 saturated carbocycles. The third kappa shape index (κ3) is 4.25. The van der Waals surface area contributed by atoms with Gasteiger partial charge < -0.3 is 9.47 Å². The van der Waals surface area contributed by atoms with Crippen molar-refractivity contribution in [2.45, 2.75) is 6.10 Å². The molecule has 0 radical (unpaired) electrons. The lowest BCUT2D eigenvalue weighted by Crippen LogP contribution is -2.26. The van der Waals surface area contributed by atoms with Gasteiger partial charge in [0.25, 0.3) is 11.6 Å². The minimum absolute atomic E-state index is 0.00745. The lowest BCUT2D eigenvalue weighted by Gasteiger charge is -2.25. The maximum absolute atomic E-state index is 13.4. The molecule has 3 aromatic rings. The molecule has 3 aromatic carbocycles. The molecule has 1 saturated heterocycles. The zero-order valence-corrected chi connectivity index (χ0v) is 15.4. The number of rotatable bonds is 7. The van der Waals surface area contributed by atoms with Gasteiger partial charge in [0.15, 0.2) is 0 Å².